The molecule has 0 bridgehead atoms. The molecule has 1 fully saturated rings. The molecule has 3 rings (SSSR count). The zero-order valence-corrected chi connectivity index (χ0v) is 17.2. The molecule has 2 atom stereocenters. The number of amides is 1. The van der Waals surface area contributed by atoms with Gasteiger partial charge in [-0.1, -0.05) is 19.9 Å². The minimum atomic E-state index is -3.14. The lowest BCUT2D eigenvalue weighted by Crippen LogP contribution is -2.50. The number of nitrogens with two attached hydrogens (primary N) is 2. The number of carbonyl (C=O) groups is 1. The summed E-state index contributed by atoms with van der Waals surface area (Å²) in [6, 6.07) is 6.49. The molecule has 0 aliphatic carbocycles. The van der Waals surface area contributed by atoms with Gasteiger partial charge in [0.05, 0.1) is 35.1 Å². The van der Waals surface area contributed by atoms with Crippen LogP contribution in [0.2, 0.25) is 0 Å². The van der Waals surface area contributed by atoms with Crippen molar-refractivity contribution >= 4 is 32.9 Å². The Bertz CT molecular complexity index is 1010. The molecule has 9 nitrogen and oxygen atoms in total. The van der Waals surface area contributed by atoms with E-state index in [1.807, 2.05) is 26.0 Å². The number of carbonyl (C=O) groups excluding carboxylic acids is 1. The first-order valence-corrected chi connectivity index (χ1v) is 11.2. The van der Waals surface area contributed by atoms with Crippen LogP contribution in [0.1, 0.15) is 42.4 Å². The molecule has 0 spiro atoms. The van der Waals surface area contributed by atoms with Gasteiger partial charge in [-0.3, -0.25) is 4.79 Å². The van der Waals surface area contributed by atoms with Gasteiger partial charge in [0, 0.05) is 11.7 Å². The molecule has 0 saturated carbocycles. The lowest BCUT2D eigenvalue weighted by Gasteiger charge is -2.30. The molecular weight excluding hydrogens is 392 g/mol. The SMILES string of the molecule is CC(C)c1cccc(Nc2cc(N[C@@H]3CS(=O)(=O)CC[C@@H]3N)cnc2C(N)=O)n1. The Morgan fingerprint density at radius 3 is 2.76 bits per heavy atom. The Morgan fingerprint density at radius 2 is 2.07 bits per heavy atom. The van der Waals surface area contributed by atoms with Gasteiger partial charge in [-0.25, -0.2) is 18.4 Å². The van der Waals surface area contributed by atoms with Gasteiger partial charge >= 0.3 is 0 Å². The molecule has 2 aromatic heterocycles. The second kappa shape index (κ2) is 8.34. The fourth-order valence-corrected chi connectivity index (χ4v) is 4.85. The molecule has 6 N–H and O–H groups in total. The maximum Gasteiger partial charge on any atom is 0.269 e. The zero-order chi connectivity index (χ0) is 21.2. The maximum atomic E-state index is 11.9. The minimum absolute atomic E-state index is 0.0491. The largest absolute Gasteiger partial charge is 0.378 e. The highest BCUT2D eigenvalue weighted by Crippen LogP contribution is 2.25. The predicted octanol–water partition coefficient (Wildman–Crippen LogP) is 1.37. The number of hydrogen-bond acceptors (Lipinski definition) is 8. The van der Waals surface area contributed by atoms with E-state index in [0.717, 1.165) is 5.69 Å². The van der Waals surface area contributed by atoms with Crippen LogP contribution in [0.3, 0.4) is 0 Å². The molecular formula is C19H26N6O3S. The lowest BCUT2D eigenvalue weighted by molar-refractivity contribution is 0.0996. The van der Waals surface area contributed by atoms with E-state index in [1.165, 1.54) is 6.20 Å². The first-order chi connectivity index (χ1) is 13.6. The third-order valence-corrected chi connectivity index (χ3v) is 6.54. The summed E-state index contributed by atoms with van der Waals surface area (Å²) in [5, 5.41) is 6.22. The summed E-state index contributed by atoms with van der Waals surface area (Å²) in [5.74, 6) is 0.154. The Morgan fingerprint density at radius 1 is 1.31 bits per heavy atom. The number of primary amides is 1. The zero-order valence-electron chi connectivity index (χ0n) is 16.4. The fraction of sp³-hybridized carbons (Fsp3) is 0.421. The highest BCUT2D eigenvalue weighted by Gasteiger charge is 2.31. The van der Waals surface area contributed by atoms with Crippen LogP contribution in [0.5, 0.6) is 0 Å². The van der Waals surface area contributed by atoms with Gasteiger partial charge in [0.15, 0.2) is 15.5 Å². The molecule has 1 saturated heterocycles. The monoisotopic (exact) mass is 418 g/mol. The summed E-state index contributed by atoms with van der Waals surface area (Å²) in [7, 11) is -3.14. The molecule has 10 heteroatoms. The molecule has 29 heavy (non-hydrogen) atoms. The van der Waals surface area contributed by atoms with Crippen LogP contribution in [-0.4, -0.2) is 47.9 Å². The van der Waals surface area contributed by atoms with Crippen molar-refractivity contribution in [3.05, 3.63) is 41.9 Å². The van der Waals surface area contributed by atoms with Crippen molar-refractivity contribution in [2.45, 2.75) is 38.3 Å². The Hall–Kier alpha value is -2.72. The number of nitrogens with one attached hydrogen (secondary N) is 2. The molecule has 156 valence electrons. The number of rotatable bonds is 6. The van der Waals surface area contributed by atoms with E-state index in [9.17, 15) is 13.2 Å². The van der Waals surface area contributed by atoms with Gasteiger partial charge < -0.3 is 22.1 Å². The number of hydrogen-bond donors (Lipinski definition) is 4. The van der Waals surface area contributed by atoms with Crippen LogP contribution in [0.15, 0.2) is 30.5 Å². The van der Waals surface area contributed by atoms with Crippen LogP contribution in [0.25, 0.3) is 0 Å². The highest BCUT2D eigenvalue weighted by molar-refractivity contribution is 7.91. The second-order valence-electron chi connectivity index (χ2n) is 7.53. The van der Waals surface area contributed by atoms with E-state index >= 15 is 0 Å². The summed E-state index contributed by atoms with van der Waals surface area (Å²) >= 11 is 0. The third-order valence-electron chi connectivity index (χ3n) is 4.81. The topological polar surface area (TPSA) is 153 Å². The summed E-state index contributed by atoms with van der Waals surface area (Å²) in [5.41, 5.74) is 13.4. The molecule has 1 aliphatic rings. The molecule has 1 amide bonds. The van der Waals surface area contributed by atoms with E-state index in [1.54, 1.807) is 12.1 Å². The molecule has 3 heterocycles. The summed E-state index contributed by atoms with van der Waals surface area (Å²) < 4.78 is 23.9. The van der Waals surface area contributed by atoms with Crippen molar-refractivity contribution in [3.63, 3.8) is 0 Å². The van der Waals surface area contributed by atoms with E-state index < -0.39 is 21.8 Å². The lowest BCUT2D eigenvalue weighted by atomic mass is 10.1. The predicted molar refractivity (Wildman–Crippen MR) is 113 cm³/mol. The average Bonchev–Trinajstić information content (AvgIpc) is 2.65. The van der Waals surface area contributed by atoms with E-state index in [-0.39, 0.29) is 29.2 Å². The Labute approximate surface area is 170 Å². The van der Waals surface area contributed by atoms with Crippen molar-refractivity contribution in [2.75, 3.05) is 22.1 Å². The number of pyridine rings is 2. The van der Waals surface area contributed by atoms with Crippen LogP contribution < -0.4 is 22.1 Å². The van der Waals surface area contributed by atoms with E-state index in [2.05, 4.69) is 20.6 Å². The van der Waals surface area contributed by atoms with Crippen LogP contribution in [-0.2, 0) is 9.84 Å². The van der Waals surface area contributed by atoms with Crippen molar-refractivity contribution in [2.24, 2.45) is 11.5 Å². The van der Waals surface area contributed by atoms with E-state index in [4.69, 9.17) is 11.5 Å². The minimum Gasteiger partial charge on any atom is -0.378 e. The second-order valence-corrected chi connectivity index (χ2v) is 9.76. The quantitative estimate of drug-likeness (QED) is 0.548. The first kappa shape index (κ1) is 21.0. The van der Waals surface area contributed by atoms with E-state index in [0.29, 0.717) is 23.6 Å². The number of nitrogens with zero attached hydrogens (tertiary/aromatic N) is 2. The van der Waals surface area contributed by atoms with Gasteiger partial charge in [-0.05, 0) is 30.5 Å². The number of sulfone groups is 1. The van der Waals surface area contributed by atoms with Crippen LogP contribution in [0, 0.1) is 0 Å². The smallest absolute Gasteiger partial charge is 0.269 e. The molecule has 0 aromatic carbocycles. The van der Waals surface area contributed by atoms with Crippen molar-refractivity contribution in [1.29, 1.82) is 0 Å². The average molecular weight is 419 g/mol. The summed E-state index contributed by atoms with van der Waals surface area (Å²) in [4.78, 5) is 20.5. The molecule has 0 unspecified atom stereocenters. The highest BCUT2D eigenvalue weighted by atomic mass is 32.2. The van der Waals surface area contributed by atoms with Crippen LogP contribution in [0.4, 0.5) is 17.2 Å². The molecule has 2 aromatic rings. The fourth-order valence-electron chi connectivity index (χ4n) is 3.18. The third kappa shape index (κ3) is 5.21. The van der Waals surface area contributed by atoms with Crippen molar-refractivity contribution < 1.29 is 13.2 Å². The number of anilines is 3. The first-order valence-electron chi connectivity index (χ1n) is 9.41. The Balaban J connectivity index is 1.88. The van der Waals surface area contributed by atoms with Crippen molar-refractivity contribution in [1.82, 2.24) is 9.97 Å². The normalized spacial score (nSPS) is 21.0. The van der Waals surface area contributed by atoms with Gasteiger partial charge in [-0.2, -0.15) is 0 Å². The molecule has 0 radical (unpaired) electrons. The van der Waals surface area contributed by atoms with Crippen molar-refractivity contribution in [3.8, 4) is 0 Å². The molecule has 1 aliphatic heterocycles. The maximum absolute atomic E-state index is 11.9. The summed E-state index contributed by atoms with van der Waals surface area (Å²) in [6.07, 6.45) is 1.83. The van der Waals surface area contributed by atoms with Crippen LogP contribution >= 0.6 is 0 Å². The van der Waals surface area contributed by atoms with Gasteiger partial charge in [0.25, 0.3) is 5.91 Å². The van der Waals surface area contributed by atoms with Gasteiger partial charge in [0.1, 0.15) is 5.82 Å². The number of aromatic nitrogens is 2. The standard InChI is InChI=1S/C19H26N6O3S/c1-11(2)14-4-3-5-17(24-14)25-15-8-12(9-22-18(15)19(21)26)23-16-10-29(27,28)7-6-13(16)20/h3-5,8-9,11,13,16,23H,6-7,10,20H2,1-2H3,(H2,21,26)(H,24,25)/t13-,16+/m0/s1. The summed E-state index contributed by atoms with van der Waals surface area (Å²) in [6.45, 7) is 4.07. The van der Waals surface area contributed by atoms with Gasteiger partial charge in [-0.15, -0.1) is 0 Å². The van der Waals surface area contributed by atoms with Gasteiger partial charge in [0.2, 0.25) is 0 Å². The Kier molecular flexibility index (Phi) is 6.04.